The quantitative estimate of drug-likeness (QED) is 0.439. The van der Waals surface area contributed by atoms with Gasteiger partial charge in [0.25, 0.3) is 0 Å². The first-order valence-electron chi connectivity index (χ1n) is 8.56. The van der Waals surface area contributed by atoms with E-state index in [-0.39, 0.29) is 5.91 Å². The maximum absolute atomic E-state index is 11.9. The van der Waals surface area contributed by atoms with Crippen LogP contribution in [0.3, 0.4) is 0 Å². The maximum atomic E-state index is 11.9. The first-order chi connectivity index (χ1) is 12.7. The number of carbonyl (C=O) groups excluding carboxylic acids is 1. The number of hydrogen-bond donors (Lipinski definition) is 3. The molecule has 0 radical (unpaired) electrons. The molecule has 8 heteroatoms. The van der Waals surface area contributed by atoms with E-state index in [1.165, 1.54) is 0 Å². The zero-order valence-electron chi connectivity index (χ0n) is 15.4. The smallest absolute Gasteiger partial charge is 0.234 e. The van der Waals surface area contributed by atoms with E-state index in [2.05, 4.69) is 15.6 Å². The maximum Gasteiger partial charge on any atom is 0.234 e. The molecule has 2 rings (SSSR count). The van der Waals surface area contributed by atoms with Crippen molar-refractivity contribution in [3.63, 3.8) is 0 Å². The van der Waals surface area contributed by atoms with Crippen molar-refractivity contribution in [1.29, 1.82) is 0 Å². The fourth-order valence-corrected chi connectivity index (χ4v) is 3.19. The van der Waals surface area contributed by atoms with Gasteiger partial charge in [0.15, 0.2) is 0 Å². The Kier molecular flexibility index (Phi) is 7.65. The van der Waals surface area contributed by atoms with Crippen molar-refractivity contribution in [2.24, 2.45) is 0 Å². The van der Waals surface area contributed by atoms with Crippen molar-refractivity contribution in [2.45, 2.75) is 26.2 Å². The molecule has 0 spiro atoms. The first-order valence-corrected chi connectivity index (χ1v) is 10.8. The summed E-state index contributed by atoms with van der Waals surface area (Å²) >= 11 is 6.00. The fraction of sp³-hybridized carbons (Fsp3) is 0.316. The summed E-state index contributed by atoms with van der Waals surface area (Å²) in [6.45, 7) is 2.59. The lowest BCUT2D eigenvalue weighted by molar-refractivity contribution is -0.122. The highest BCUT2D eigenvalue weighted by molar-refractivity contribution is 7.92. The summed E-state index contributed by atoms with van der Waals surface area (Å²) in [4.78, 5) is 11.9. The molecule has 0 aromatic heterocycles. The highest BCUT2D eigenvalue weighted by atomic mass is 35.5. The van der Waals surface area contributed by atoms with Gasteiger partial charge in [0, 0.05) is 23.7 Å². The van der Waals surface area contributed by atoms with E-state index in [0.717, 1.165) is 34.4 Å². The summed E-state index contributed by atoms with van der Waals surface area (Å²) in [5, 5.41) is 0.750. The second kappa shape index (κ2) is 9.73. The van der Waals surface area contributed by atoms with Crippen molar-refractivity contribution >= 4 is 33.2 Å². The minimum Gasteiger partial charge on any atom is -0.292 e. The van der Waals surface area contributed by atoms with Crippen molar-refractivity contribution < 1.29 is 13.2 Å². The number of hydrazine groups is 1. The second-order valence-corrected chi connectivity index (χ2v) is 8.54. The molecule has 0 unspecified atom stereocenters. The minimum absolute atomic E-state index is 0.0966. The van der Waals surface area contributed by atoms with Crippen LogP contribution in [-0.2, 0) is 27.7 Å². The van der Waals surface area contributed by atoms with Crippen LogP contribution in [-0.4, -0.2) is 27.1 Å². The minimum atomic E-state index is -3.28. The number of carbonyl (C=O) groups is 1. The standard InChI is InChI=1S/C19H24ClN3O3S/c1-14-13-16(5-9-18(14)20)11-12-21-22-19(24)10-6-15-3-7-17(8-4-15)23-27(2,25)26/h3-5,7-9,13,21,23H,6,10-12H2,1-2H3,(H,22,24). The number of rotatable bonds is 9. The van der Waals surface area contributed by atoms with E-state index in [0.29, 0.717) is 25.1 Å². The average molecular weight is 410 g/mol. The zero-order chi connectivity index (χ0) is 19.9. The molecule has 0 atom stereocenters. The van der Waals surface area contributed by atoms with Gasteiger partial charge in [-0.2, -0.15) is 0 Å². The molecule has 0 saturated heterocycles. The molecule has 27 heavy (non-hydrogen) atoms. The van der Waals surface area contributed by atoms with Crippen LogP contribution in [0, 0.1) is 6.92 Å². The van der Waals surface area contributed by atoms with Crippen molar-refractivity contribution in [3.05, 3.63) is 64.2 Å². The molecule has 0 heterocycles. The molecule has 1 amide bonds. The highest BCUT2D eigenvalue weighted by Gasteiger charge is 2.04. The Hall–Kier alpha value is -2.09. The summed E-state index contributed by atoms with van der Waals surface area (Å²) in [6, 6.07) is 12.9. The number of benzene rings is 2. The highest BCUT2D eigenvalue weighted by Crippen LogP contribution is 2.16. The van der Waals surface area contributed by atoms with Gasteiger partial charge in [0.1, 0.15) is 0 Å². The second-order valence-electron chi connectivity index (χ2n) is 6.38. The molecular formula is C19H24ClN3O3S. The van der Waals surface area contributed by atoms with E-state index in [9.17, 15) is 13.2 Å². The molecule has 0 fully saturated rings. The van der Waals surface area contributed by atoms with Gasteiger partial charge in [0.05, 0.1) is 6.26 Å². The topological polar surface area (TPSA) is 87.3 Å². The van der Waals surface area contributed by atoms with E-state index in [1.807, 2.05) is 25.1 Å². The third-order valence-corrected chi connectivity index (χ3v) is 4.92. The van der Waals surface area contributed by atoms with Crippen LogP contribution in [0.1, 0.15) is 23.1 Å². The third kappa shape index (κ3) is 7.99. The van der Waals surface area contributed by atoms with E-state index >= 15 is 0 Å². The van der Waals surface area contributed by atoms with Gasteiger partial charge in [-0.25, -0.2) is 13.8 Å². The Morgan fingerprint density at radius 3 is 2.33 bits per heavy atom. The van der Waals surface area contributed by atoms with Gasteiger partial charge < -0.3 is 0 Å². The molecule has 2 aromatic carbocycles. The molecule has 0 bridgehead atoms. The monoisotopic (exact) mass is 409 g/mol. The van der Waals surface area contributed by atoms with Crippen molar-refractivity contribution in [3.8, 4) is 0 Å². The molecule has 6 nitrogen and oxygen atoms in total. The Bertz CT molecular complexity index is 884. The predicted octanol–water partition coefficient (Wildman–Crippen LogP) is 2.82. The van der Waals surface area contributed by atoms with Crippen LogP contribution >= 0.6 is 11.6 Å². The zero-order valence-corrected chi connectivity index (χ0v) is 17.0. The Morgan fingerprint density at radius 1 is 1.04 bits per heavy atom. The summed E-state index contributed by atoms with van der Waals surface area (Å²) < 4.78 is 24.7. The lowest BCUT2D eigenvalue weighted by Gasteiger charge is -2.09. The number of hydrogen-bond acceptors (Lipinski definition) is 4. The summed E-state index contributed by atoms with van der Waals surface area (Å²) in [5.41, 5.74) is 9.27. The van der Waals surface area contributed by atoms with Crippen molar-refractivity contribution in [1.82, 2.24) is 10.9 Å². The first kappa shape index (κ1) is 21.2. The number of amides is 1. The predicted molar refractivity (Wildman–Crippen MR) is 109 cm³/mol. The van der Waals surface area contributed by atoms with Crippen LogP contribution in [0.25, 0.3) is 0 Å². The Balaban J connectivity index is 1.67. The number of halogens is 1. The molecule has 0 aliphatic rings. The number of anilines is 1. The lowest BCUT2D eigenvalue weighted by atomic mass is 10.1. The van der Waals surface area contributed by atoms with Crippen LogP contribution in [0.15, 0.2) is 42.5 Å². The third-order valence-electron chi connectivity index (χ3n) is 3.89. The Labute approximate surface area is 165 Å². The van der Waals surface area contributed by atoms with E-state index in [1.54, 1.807) is 24.3 Å². The Morgan fingerprint density at radius 2 is 1.70 bits per heavy atom. The van der Waals surface area contributed by atoms with Crippen LogP contribution in [0.2, 0.25) is 5.02 Å². The molecule has 3 N–H and O–H groups in total. The van der Waals surface area contributed by atoms with E-state index in [4.69, 9.17) is 11.6 Å². The van der Waals surface area contributed by atoms with Gasteiger partial charge >= 0.3 is 0 Å². The number of sulfonamides is 1. The summed E-state index contributed by atoms with van der Waals surface area (Å²) in [6.07, 6.45) is 2.80. The molecule has 0 aliphatic carbocycles. The summed E-state index contributed by atoms with van der Waals surface area (Å²) in [5.74, 6) is -0.0966. The fourth-order valence-electron chi connectivity index (χ4n) is 2.50. The molecule has 146 valence electrons. The largest absolute Gasteiger partial charge is 0.292 e. The summed E-state index contributed by atoms with van der Waals surface area (Å²) in [7, 11) is -3.28. The average Bonchev–Trinajstić information content (AvgIpc) is 2.60. The molecular weight excluding hydrogens is 386 g/mol. The normalized spacial score (nSPS) is 11.2. The van der Waals surface area contributed by atoms with Crippen molar-refractivity contribution in [2.75, 3.05) is 17.5 Å². The van der Waals surface area contributed by atoms with Crippen LogP contribution in [0.5, 0.6) is 0 Å². The molecule has 0 aliphatic heterocycles. The lowest BCUT2D eigenvalue weighted by Crippen LogP contribution is -2.38. The molecule has 2 aromatic rings. The van der Waals surface area contributed by atoms with Gasteiger partial charge in [-0.05, 0) is 54.7 Å². The van der Waals surface area contributed by atoms with Crippen LogP contribution in [0.4, 0.5) is 5.69 Å². The van der Waals surface area contributed by atoms with Gasteiger partial charge in [0.2, 0.25) is 15.9 Å². The SMILES string of the molecule is Cc1cc(CCNNC(=O)CCc2ccc(NS(C)(=O)=O)cc2)ccc1Cl. The number of nitrogens with one attached hydrogen (secondary N) is 3. The number of aryl methyl sites for hydroxylation is 2. The molecule has 0 saturated carbocycles. The van der Waals surface area contributed by atoms with Gasteiger partial charge in [-0.3, -0.25) is 14.9 Å². The van der Waals surface area contributed by atoms with Crippen LogP contribution < -0.4 is 15.6 Å². The van der Waals surface area contributed by atoms with Gasteiger partial charge in [-0.15, -0.1) is 0 Å². The van der Waals surface area contributed by atoms with Gasteiger partial charge in [-0.1, -0.05) is 35.9 Å². The van der Waals surface area contributed by atoms with E-state index < -0.39 is 10.0 Å².